The molecule has 1 N–H and O–H groups in total. The van der Waals surface area contributed by atoms with Crippen molar-refractivity contribution in [1.82, 2.24) is 15.2 Å². The number of H-pyrrole nitrogens is 1. The van der Waals surface area contributed by atoms with Gasteiger partial charge >= 0.3 is 0 Å². The molecule has 0 amide bonds. The maximum absolute atomic E-state index is 8.56. The first-order valence-corrected chi connectivity index (χ1v) is 4.32. The molecule has 2 aromatic heterocycles. The van der Waals surface area contributed by atoms with E-state index in [1.165, 1.54) is 11.3 Å². The molecule has 0 saturated heterocycles. The fourth-order valence-corrected chi connectivity index (χ4v) is 2.03. The zero-order valence-electron chi connectivity index (χ0n) is 5.13. The van der Waals surface area contributed by atoms with Crippen LogP contribution in [-0.4, -0.2) is 15.2 Å². The predicted octanol–water partition coefficient (Wildman–Crippen LogP) is 1.65. The van der Waals surface area contributed by atoms with Gasteiger partial charge in [-0.1, -0.05) is 11.3 Å². The minimum Gasteiger partial charge on any atom is -0.265 e. The number of rotatable bonds is 0. The summed E-state index contributed by atoms with van der Waals surface area (Å²) in [7, 11) is 0. The van der Waals surface area contributed by atoms with Gasteiger partial charge in [-0.25, -0.2) is 4.98 Å². The van der Waals surface area contributed by atoms with Crippen LogP contribution in [0.5, 0.6) is 0 Å². The number of hydrogen-bond acceptors (Lipinski definition) is 4. The number of aromatic amines is 1. The average Bonchev–Trinajstić information content (AvgIpc) is 2.45. The molecule has 0 spiro atoms. The van der Waals surface area contributed by atoms with E-state index in [0.29, 0.717) is 11.2 Å². The van der Waals surface area contributed by atoms with Crippen LogP contribution in [0.4, 0.5) is 0 Å². The van der Waals surface area contributed by atoms with Crippen molar-refractivity contribution in [1.29, 1.82) is 5.26 Å². The lowest BCUT2D eigenvalue weighted by Gasteiger charge is -1.74. The molecule has 0 bridgehead atoms. The number of fused-ring (bicyclic) bond motifs is 1. The average molecular weight is 229 g/mol. The Morgan fingerprint density at radius 3 is 3.18 bits per heavy atom. The topological polar surface area (TPSA) is 65.4 Å². The highest BCUT2D eigenvalue weighted by Gasteiger charge is 2.08. The molecule has 0 aromatic carbocycles. The third-order valence-electron chi connectivity index (χ3n) is 1.20. The lowest BCUT2D eigenvalue weighted by atomic mass is 10.4. The van der Waals surface area contributed by atoms with Crippen molar-refractivity contribution >= 4 is 37.6 Å². The molecule has 0 aliphatic carbocycles. The van der Waals surface area contributed by atoms with Crippen molar-refractivity contribution < 1.29 is 0 Å². The second kappa shape index (κ2) is 2.29. The minimum atomic E-state index is 0.418. The Labute approximate surface area is 74.0 Å². The largest absolute Gasteiger partial charge is 0.265 e. The number of thiazole rings is 1. The van der Waals surface area contributed by atoms with Crippen molar-refractivity contribution in [2.24, 2.45) is 0 Å². The van der Waals surface area contributed by atoms with Crippen LogP contribution in [0.15, 0.2) is 3.92 Å². The van der Waals surface area contributed by atoms with Crippen molar-refractivity contribution in [3.05, 3.63) is 9.61 Å². The number of halogens is 1. The summed E-state index contributed by atoms with van der Waals surface area (Å²) in [5.74, 6) is 0. The van der Waals surface area contributed by atoms with Gasteiger partial charge in [-0.05, 0) is 15.9 Å². The van der Waals surface area contributed by atoms with Gasteiger partial charge in [-0.15, -0.1) is 0 Å². The van der Waals surface area contributed by atoms with Crippen molar-refractivity contribution in [2.45, 2.75) is 0 Å². The van der Waals surface area contributed by atoms with Crippen LogP contribution >= 0.6 is 27.3 Å². The molecule has 0 saturated carbocycles. The molecule has 0 aliphatic heterocycles. The van der Waals surface area contributed by atoms with Crippen LogP contribution in [0.25, 0.3) is 10.3 Å². The van der Waals surface area contributed by atoms with Crippen LogP contribution in [0.3, 0.4) is 0 Å². The van der Waals surface area contributed by atoms with Gasteiger partial charge in [0.15, 0.2) is 14.4 Å². The summed E-state index contributed by atoms with van der Waals surface area (Å²) in [5, 5.41) is 15.0. The maximum atomic E-state index is 8.56. The Morgan fingerprint density at radius 2 is 2.45 bits per heavy atom. The molecule has 0 fully saturated rings. The zero-order valence-corrected chi connectivity index (χ0v) is 7.53. The van der Waals surface area contributed by atoms with Crippen LogP contribution in [0.1, 0.15) is 5.69 Å². The molecule has 0 aliphatic rings. The molecule has 0 unspecified atom stereocenters. The Bertz CT molecular complexity index is 437. The normalized spacial score (nSPS) is 10.2. The highest BCUT2D eigenvalue weighted by atomic mass is 79.9. The molecule has 6 heteroatoms. The quantitative estimate of drug-likeness (QED) is 0.746. The van der Waals surface area contributed by atoms with Gasteiger partial charge in [0.1, 0.15) is 11.6 Å². The van der Waals surface area contributed by atoms with Crippen molar-refractivity contribution in [2.75, 3.05) is 0 Å². The van der Waals surface area contributed by atoms with Crippen LogP contribution in [0, 0.1) is 11.3 Å². The van der Waals surface area contributed by atoms with Gasteiger partial charge in [0.05, 0.1) is 0 Å². The third-order valence-corrected chi connectivity index (χ3v) is 2.60. The first-order valence-electron chi connectivity index (χ1n) is 2.72. The summed E-state index contributed by atoms with van der Waals surface area (Å²) in [4.78, 5) is 4.82. The van der Waals surface area contributed by atoms with E-state index in [1.54, 1.807) is 0 Å². The van der Waals surface area contributed by atoms with E-state index in [1.807, 2.05) is 6.07 Å². The molecule has 2 heterocycles. The molecule has 0 atom stereocenters. The van der Waals surface area contributed by atoms with Crippen molar-refractivity contribution in [3.63, 3.8) is 0 Å². The zero-order chi connectivity index (χ0) is 7.84. The van der Waals surface area contributed by atoms with Gasteiger partial charge in [-0.3, -0.25) is 5.10 Å². The number of nitrogens with one attached hydrogen (secondary N) is 1. The van der Waals surface area contributed by atoms with Crippen LogP contribution in [-0.2, 0) is 0 Å². The fraction of sp³-hybridized carbons (Fsp3) is 0. The van der Waals surface area contributed by atoms with Gasteiger partial charge in [-0.2, -0.15) is 10.4 Å². The number of nitriles is 1. The monoisotopic (exact) mass is 228 g/mol. The van der Waals surface area contributed by atoms with E-state index in [9.17, 15) is 0 Å². The van der Waals surface area contributed by atoms with Crippen LogP contribution in [0.2, 0.25) is 0 Å². The van der Waals surface area contributed by atoms with Crippen molar-refractivity contribution in [3.8, 4) is 6.07 Å². The predicted molar refractivity (Wildman–Crippen MR) is 44.2 cm³/mol. The highest BCUT2D eigenvalue weighted by molar-refractivity contribution is 9.11. The maximum Gasteiger partial charge on any atom is 0.167 e. The molecule has 0 radical (unpaired) electrons. The molecule has 2 aromatic rings. The molecule has 54 valence electrons. The summed E-state index contributed by atoms with van der Waals surface area (Å²) in [6.45, 7) is 0. The Hall–Kier alpha value is -0.930. The molecule has 4 nitrogen and oxygen atoms in total. The lowest BCUT2D eigenvalue weighted by molar-refractivity contribution is 1.10. The van der Waals surface area contributed by atoms with Crippen LogP contribution < -0.4 is 0 Å². The fourth-order valence-electron chi connectivity index (χ4n) is 0.763. The second-order valence-electron chi connectivity index (χ2n) is 1.83. The van der Waals surface area contributed by atoms with E-state index in [-0.39, 0.29) is 0 Å². The number of hydrogen-bond donors (Lipinski definition) is 1. The van der Waals surface area contributed by atoms with E-state index in [4.69, 9.17) is 5.26 Å². The number of nitrogens with zero attached hydrogens (tertiary/aromatic N) is 3. The summed E-state index contributed by atoms with van der Waals surface area (Å²) >= 11 is 4.61. The lowest BCUT2D eigenvalue weighted by Crippen LogP contribution is -1.74. The minimum absolute atomic E-state index is 0.418. The Balaban J connectivity index is 2.86. The summed E-state index contributed by atoms with van der Waals surface area (Å²) in [6.07, 6.45) is 0. The highest BCUT2D eigenvalue weighted by Crippen LogP contribution is 2.25. The molecule has 2 rings (SSSR count). The van der Waals surface area contributed by atoms with Gasteiger partial charge in [0, 0.05) is 0 Å². The van der Waals surface area contributed by atoms with Gasteiger partial charge in [0.25, 0.3) is 0 Å². The van der Waals surface area contributed by atoms with E-state index < -0.39 is 0 Å². The molecular weight excluding hydrogens is 228 g/mol. The van der Waals surface area contributed by atoms with E-state index in [0.717, 1.165) is 8.75 Å². The summed E-state index contributed by atoms with van der Waals surface area (Å²) in [6, 6.07) is 1.97. The third kappa shape index (κ3) is 0.931. The Morgan fingerprint density at radius 1 is 1.64 bits per heavy atom. The standard InChI is InChI=1S/C5HBrN4S/c6-5-8-3-2(1-7)9-10-4(3)11-5/h(H,9,10). The first kappa shape index (κ1) is 6.76. The SMILES string of the molecule is N#Cc1[nH]nc2sc(Br)nc12. The van der Waals surface area contributed by atoms with Gasteiger partial charge in [0.2, 0.25) is 0 Å². The first-order chi connectivity index (χ1) is 5.31. The van der Waals surface area contributed by atoms with E-state index >= 15 is 0 Å². The second-order valence-corrected chi connectivity index (χ2v) is 4.08. The van der Waals surface area contributed by atoms with E-state index in [2.05, 4.69) is 31.1 Å². The van der Waals surface area contributed by atoms with Gasteiger partial charge < -0.3 is 0 Å². The smallest absolute Gasteiger partial charge is 0.167 e. The Kier molecular flexibility index (Phi) is 1.41. The summed E-state index contributed by atoms with van der Waals surface area (Å²) < 4.78 is 0.750. The number of aromatic nitrogens is 3. The molecular formula is C5HBrN4S. The summed E-state index contributed by atoms with van der Waals surface area (Å²) in [5.41, 5.74) is 1.06. The molecule has 11 heavy (non-hydrogen) atoms.